The highest BCUT2D eigenvalue weighted by Gasteiger charge is 2.09. The molecule has 0 bridgehead atoms. The standard InChI is InChI=1S/C12H23N3S/c1-10(12-11(2)14-9-16-12)13-7-5-6-8-15(3)4/h9-10,13H,5-8H2,1-4H3. The Bertz CT molecular complexity index is 296. The summed E-state index contributed by atoms with van der Waals surface area (Å²) in [6.07, 6.45) is 2.49. The van der Waals surface area contributed by atoms with Gasteiger partial charge in [-0.25, -0.2) is 4.98 Å². The zero-order valence-corrected chi connectivity index (χ0v) is 11.6. The van der Waals surface area contributed by atoms with Crippen LogP contribution in [0.1, 0.15) is 36.4 Å². The fraction of sp³-hybridized carbons (Fsp3) is 0.750. The van der Waals surface area contributed by atoms with Gasteiger partial charge in [0.2, 0.25) is 0 Å². The van der Waals surface area contributed by atoms with E-state index in [2.05, 4.69) is 43.1 Å². The smallest absolute Gasteiger partial charge is 0.0798 e. The summed E-state index contributed by atoms with van der Waals surface area (Å²) in [7, 11) is 4.24. The van der Waals surface area contributed by atoms with E-state index >= 15 is 0 Å². The Kier molecular flexibility index (Phi) is 5.95. The van der Waals surface area contributed by atoms with Crippen molar-refractivity contribution in [1.29, 1.82) is 0 Å². The van der Waals surface area contributed by atoms with Crippen molar-refractivity contribution in [2.75, 3.05) is 27.2 Å². The minimum atomic E-state index is 0.437. The lowest BCUT2D eigenvalue weighted by Gasteiger charge is -2.13. The SMILES string of the molecule is Cc1ncsc1C(C)NCCCCN(C)C. The molecule has 0 aromatic carbocycles. The second-order valence-corrected chi connectivity index (χ2v) is 5.37. The van der Waals surface area contributed by atoms with Gasteiger partial charge in [0.25, 0.3) is 0 Å². The van der Waals surface area contributed by atoms with Gasteiger partial charge in [0, 0.05) is 10.9 Å². The highest BCUT2D eigenvalue weighted by Crippen LogP contribution is 2.20. The van der Waals surface area contributed by atoms with E-state index in [0.29, 0.717) is 6.04 Å². The number of nitrogens with zero attached hydrogens (tertiary/aromatic N) is 2. The number of unbranched alkanes of at least 4 members (excludes halogenated alkanes) is 1. The predicted octanol–water partition coefficient (Wildman–Crippen LogP) is 2.44. The van der Waals surface area contributed by atoms with Crippen molar-refractivity contribution in [3.05, 3.63) is 16.1 Å². The van der Waals surface area contributed by atoms with E-state index < -0.39 is 0 Å². The molecule has 0 saturated carbocycles. The van der Waals surface area contributed by atoms with Gasteiger partial charge in [-0.2, -0.15) is 0 Å². The molecule has 1 atom stereocenters. The molecule has 1 heterocycles. The summed E-state index contributed by atoms with van der Waals surface area (Å²) in [6.45, 7) is 6.56. The van der Waals surface area contributed by atoms with Crippen molar-refractivity contribution in [2.24, 2.45) is 0 Å². The Morgan fingerprint density at radius 1 is 1.44 bits per heavy atom. The highest BCUT2D eigenvalue weighted by atomic mass is 32.1. The first kappa shape index (κ1) is 13.6. The van der Waals surface area contributed by atoms with Gasteiger partial charge in [0.15, 0.2) is 0 Å². The maximum Gasteiger partial charge on any atom is 0.0798 e. The molecule has 0 radical (unpaired) electrons. The van der Waals surface area contributed by atoms with Crippen LogP contribution in [-0.4, -0.2) is 37.1 Å². The molecule has 0 fully saturated rings. The lowest BCUT2D eigenvalue weighted by Crippen LogP contribution is -2.21. The van der Waals surface area contributed by atoms with Crippen LogP contribution in [0.3, 0.4) is 0 Å². The normalized spacial score (nSPS) is 13.3. The number of nitrogens with one attached hydrogen (secondary N) is 1. The molecule has 0 saturated heterocycles. The average molecular weight is 241 g/mol. The molecule has 4 heteroatoms. The van der Waals surface area contributed by atoms with Crippen molar-refractivity contribution in [1.82, 2.24) is 15.2 Å². The lowest BCUT2D eigenvalue weighted by atomic mass is 10.2. The van der Waals surface area contributed by atoms with E-state index in [1.807, 2.05) is 5.51 Å². The Hall–Kier alpha value is -0.450. The number of aromatic nitrogens is 1. The molecular formula is C12H23N3S. The molecule has 16 heavy (non-hydrogen) atoms. The third-order valence-corrected chi connectivity index (χ3v) is 3.77. The third kappa shape index (κ3) is 4.60. The molecule has 92 valence electrons. The second-order valence-electron chi connectivity index (χ2n) is 4.49. The molecule has 1 unspecified atom stereocenters. The van der Waals surface area contributed by atoms with Crippen LogP contribution in [0.15, 0.2) is 5.51 Å². The summed E-state index contributed by atoms with van der Waals surface area (Å²) in [6, 6.07) is 0.437. The molecule has 0 spiro atoms. The van der Waals surface area contributed by atoms with E-state index in [9.17, 15) is 0 Å². The van der Waals surface area contributed by atoms with Crippen molar-refractivity contribution in [3.63, 3.8) is 0 Å². The molecule has 0 aliphatic heterocycles. The topological polar surface area (TPSA) is 28.2 Å². The number of hydrogen-bond acceptors (Lipinski definition) is 4. The van der Waals surface area contributed by atoms with Crippen molar-refractivity contribution < 1.29 is 0 Å². The Morgan fingerprint density at radius 2 is 2.19 bits per heavy atom. The summed E-state index contributed by atoms with van der Waals surface area (Å²) < 4.78 is 0. The first-order chi connectivity index (χ1) is 7.61. The van der Waals surface area contributed by atoms with Crippen LogP contribution in [0, 0.1) is 6.92 Å². The van der Waals surface area contributed by atoms with Gasteiger partial charge < -0.3 is 10.2 Å². The predicted molar refractivity (Wildman–Crippen MR) is 71.1 cm³/mol. The first-order valence-corrected chi connectivity index (χ1v) is 6.77. The van der Waals surface area contributed by atoms with Gasteiger partial charge in [-0.1, -0.05) is 0 Å². The van der Waals surface area contributed by atoms with Crippen LogP contribution in [0.2, 0.25) is 0 Å². The molecule has 1 rings (SSSR count). The van der Waals surface area contributed by atoms with E-state index in [0.717, 1.165) is 6.54 Å². The number of hydrogen-bond donors (Lipinski definition) is 1. The fourth-order valence-corrected chi connectivity index (χ4v) is 2.53. The monoisotopic (exact) mass is 241 g/mol. The van der Waals surface area contributed by atoms with Crippen molar-refractivity contribution >= 4 is 11.3 Å². The van der Waals surface area contributed by atoms with E-state index in [1.54, 1.807) is 11.3 Å². The maximum atomic E-state index is 4.28. The summed E-state index contributed by atoms with van der Waals surface area (Å²) in [4.78, 5) is 7.88. The summed E-state index contributed by atoms with van der Waals surface area (Å²) in [5.74, 6) is 0. The molecule has 0 aliphatic carbocycles. The van der Waals surface area contributed by atoms with E-state index in [1.165, 1.54) is 30.0 Å². The Labute approximate surface area is 103 Å². The van der Waals surface area contributed by atoms with Gasteiger partial charge in [0.05, 0.1) is 11.2 Å². The summed E-state index contributed by atoms with van der Waals surface area (Å²) >= 11 is 1.74. The van der Waals surface area contributed by atoms with Gasteiger partial charge in [-0.3, -0.25) is 0 Å². The van der Waals surface area contributed by atoms with Crippen molar-refractivity contribution in [3.8, 4) is 0 Å². The quantitative estimate of drug-likeness (QED) is 0.743. The van der Waals surface area contributed by atoms with Crippen LogP contribution in [0.5, 0.6) is 0 Å². The molecule has 3 nitrogen and oxygen atoms in total. The third-order valence-electron chi connectivity index (χ3n) is 2.66. The molecule has 0 amide bonds. The lowest BCUT2D eigenvalue weighted by molar-refractivity contribution is 0.389. The largest absolute Gasteiger partial charge is 0.309 e. The van der Waals surface area contributed by atoms with Gasteiger partial charge in [-0.05, 0) is 53.9 Å². The highest BCUT2D eigenvalue weighted by molar-refractivity contribution is 7.09. The van der Waals surface area contributed by atoms with Crippen molar-refractivity contribution in [2.45, 2.75) is 32.7 Å². The van der Waals surface area contributed by atoms with Crippen LogP contribution in [0.25, 0.3) is 0 Å². The summed E-state index contributed by atoms with van der Waals surface area (Å²) in [5, 5.41) is 3.55. The van der Waals surface area contributed by atoms with Crippen LogP contribution in [0.4, 0.5) is 0 Å². The average Bonchev–Trinajstić information content (AvgIpc) is 2.63. The van der Waals surface area contributed by atoms with Gasteiger partial charge in [-0.15, -0.1) is 11.3 Å². The maximum absolute atomic E-state index is 4.28. The number of aryl methyl sites for hydroxylation is 1. The second kappa shape index (κ2) is 6.99. The van der Waals surface area contributed by atoms with E-state index in [4.69, 9.17) is 0 Å². The zero-order chi connectivity index (χ0) is 12.0. The molecule has 1 aromatic rings. The molecule has 0 aliphatic rings. The Morgan fingerprint density at radius 3 is 2.75 bits per heavy atom. The van der Waals surface area contributed by atoms with Gasteiger partial charge in [0.1, 0.15) is 0 Å². The molecule has 1 aromatic heterocycles. The Balaban J connectivity index is 2.16. The number of rotatable bonds is 7. The van der Waals surface area contributed by atoms with Crippen LogP contribution >= 0.6 is 11.3 Å². The number of thiazole rings is 1. The van der Waals surface area contributed by atoms with Crippen LogP contribution in [-0.2, 0) is 0 Å². The fourth-order valence-electron chi connectivity index (χ4n) is 1.69. The van der Waals surface area contributed by atoms with E-state index in [-0.39, 0.29) is 0 Å². The minimum absolute atomic E-state index is 0.437. The van der Waals surface area contributed by atoms with Gasteiger partial charge >= 0.3 is 0 Å². The summed E-state index contributed by atoms with van der Waals surface area (Å²) in [5.41, 5.74) is 3.09. The molecule has 1 N–H and O–H groups in total. The first-order valence-electron chi connectivity index (χ1n) is 5.89. The van der Waals surface area contributed by atoms with Crippen LogP contribution < -0.4 is 5.32 Å². The zero-order valence-electron chi connectivity index (χ0n) is 10.8. The minimum Gasteiger partial charge on any atom is -0.309 e. The molecular weight excluding hydrogens is 218 g/mol.